The average Bonchev–Trinajstić information content (AvgIpc) is 4.09. The molecule has 0 spiro atoms. The zero-order chi connectivity index (χ0) is 49.6. The summed E-state index contributed by atoms with van der Waals surface area (Å²) in [5.41, 5.74) is 6.95. The van der Waals surface area contributed by atoms with Crippen LogP contribution in [0.3, 0.4) is 0 Å². The zero-order valence-electron chi connectivity index (χ0n) is 37.4. The Labute approximate surface area is 430 Å². The Morgan fingerprint density at radius 2 is 0.817 bits per heavy atom. The number of nitrogens with zero attached hydrogens (tertiary/aromatic N) is 4. The third-order valence-electron chi connectivity index (χ3n) is 13.5. The number of rotatable bonds is 5. The summed E-state index contributed by atoms with van der Waals surface area (Å²) < 4.78 is 9.09. The van der Waals surface area contributed by atoms with E-state index in [0.29, 0.717) is 76.2 Å². The Kier molecular flexibility index (Phi) is 10.6. The fraction of sp³-hybridized carbons (Fsp3) is 0. The standard InChI is InChI=1S/C51H16B14N4OS/c52-30-25(19-12-14-23-22(15-19)21-13-11-20(16-24(21)70-23)51-67-49(17-7-3-1-4-8-17)66-50(68-51)18-9-5-2-6-10-18)35(57)47-28(33(30)55)29-34(56)40(62)46(43(65)48(29)71-47)69-44-26(31(53)36(58)38(60)41(44)63)27-32(54)37(59)39(61)42(64)45(27)69/h1-16H. The van der Waals surface area contributed by atoms with E-state index in [1.807, 2.05) is 97.1 Å². The molecule has 28 radical (unpaired) electrons. The van der Waals surface area contributed by atoms with E-state index in [1.54, 1.807) is 4.57 Å². The third-order valence-corrected chi connectivity index (χ3v) is 14.7. The summed E-state index contributed by atoms with van der Waals surface area (Å²) in [6, 6.07) is 31.1. The van der Waals surface area contributed by atoms with Crippen LogP contribution in [0.2, 0.25) is 0 Å². The fourth-order valence-electron chi connectivity index (χ4n) is 9.86. The molecule has 0 aliphatic carbocycles. The van der Waals surface area contributed by atoms with Crippen molar-refractivity contribution in [3.05, 3.63) is 97.1 Å². The topological polar surface area (TPSA) is 56.7 Å². The molecule has 0 aliphatic rings. The molecule has 71 heavy (non-hydrogen) atoms. The SMILES string of the molecule is [B]c1c(-c2ccc3oc4cc(-c5nc(-c6ccccc6)nc(-c6ccccc6)n5)ccc4c3c2)c([B])c2sc3c([B])c(-n4c5c([B])c([B])c([B])c([B])c5c5c([B])c([B])c([B])c([B])c54)c([B])c([B])c3c2c1[B]. The first-order valence-electron chi connectivity index (χ1n) is 21.9. The minimum absolute atomic E-state index is 0.00918. The van der Waals surface area contributed by atoms with E-state index in [9.17, 15) is 0 Å². The van der Waals surface area contributed by atoms with E-state index in [-0.39, 0.29) is 87.7 Å². The van der Waals surface area contributed by atoms with E-state index in [1.165, 1.54) is 11.3 Å². The predicted molar refractivity (Wildman–Crippen MR) is 312 cm³/mol. The van der Waals surface area contributed by atoms with Crippen LogP contribution in [-0.4, -0.2) is 129 Å². The van der Waals surface area contributed by atoms with Crippen LogP contribution in [0.5, 0.6) is 0 Å². The van der Waals surface area contributed by atoms with Crippen molar-refractivity contribution >= 4 is 262 Å². The Morgan fingerprint density at radius 3 is 1.37 bits per heavy atom. The summed E-state index contributed by atoms with van der Waals surface area (Å²) >= 11 is 1.25. The maximum Gasteiger partial charge on any atom is 0.164 e. The first-order chi connectivity index (χ1) is 34.1. The molecule has 294 valence electrons. The van der Waals surface area contributed by atoms with Gasteiger partial charge in [0.25, 0.3) is 0 Å². The summed E-state index contributed by atoms with van der Waals surface area (Å²) in [4.78, 5) is 14.6. The lowest BCUT2D eigenvalue weighted by atomic mass is 9.63. The minimum Gasteiger partial charge on any atom is -0.456 e. The quantitative estimate of drug-likeness (QED) is 0.174. The lowest BCUT2D eigenvalue weighted by molar-refractivity contribution is 0.669. The molecule has 12 aromatic rings. The van der Waals surface area contributed by atoms with Crippen LogP contribution in [0.15, 0.2) is 101 Å². The predicted octanol–water partition coefficient (Wildman–Crippen LogP) is -2.98. The fourth-order valence-corrected chi connectivity index (χ4v) is 11.1. The molecule has 0 atom stereocenters. The molecule has 20 heteroatoms. The maximum absolute atomic E-state index is 7.21. The molecule has 0 N–H and O–H groups in total. The van der Waals surface area contributed by atoms with Gasteiger partial charge in [0.1, 0.15) is 121 Å². The van der Waals surface area contributed by atoms with Gasteiger partial charge in [0.15, 0.2) is 17.5 Å². The molecular formula is C51H16B14N4OS. The van der Waals surface area contributed by atoms with E-state index in [4.69, 9.17) is 129 Å². The lowest BCUT2D eigenvalue weighted by Crippen LogP contribution is -2.49. The van der Waals surface area contributed by atoms with E-state index >= 15 is 0 Å². The molecule has 0 fully saturated rings. The lowest BCUT2D eigenvalue weighted by Gasteiger charge is -2.23. The van der Waals surface area contributed by atoms with Gasteiger partial charge in [0, 0.05) is 53.6 Å². The van der Waals surface area contributed by atoms with Gasteiger partial charge in [-0.25, -0.2) is 15.0 Å². The molecule has 12 rings (SSSR count). The van der Waals surface area contributed by atoms with Crippen LogP contribution < -0.4 is 76.5 Å². The monoisotopic (exact) mass is 886 g/mol. The van der Waals surface area contributed by atoms with E-state index < -0.39 is 0 Å². The Balaban J connectivity index is 1.03. The first kappa shape index (κ1) is 45.6. The highest BCUT2D eigenvalue weighted by Crippen LogP contribution is 2.37. The number of benzene rings is 8. The summed E-state index contributed by atoms with van der Waals surface area (Å²) in [7, 11) is 94.8. The van der Waals surface area contributed by atoms with E-state index in [2.05, 4.69) is 0 Å². The maximum atomic E-state index is 7.21. The molecule has 4 heterocycles. The summed E-state index contributed by atoms with van der Waals surface area (Å²) in [6.45, 7) is 0. The number of thiophene rings is 1. The van der Waals surface area contributed by atoms with Gasteiger partial charge in [0.2, 0.25) is 0 Å². The third kappa shape index (κ3) is 6.55. The van der Waals surface area contributed by atoms with Gasteiger partial charge in [-0.1, -0.05) is 127 Å². The first-order valence-corrected chi connectivity index (χ1v) is 22.7. The number of hydrogen-bond donors (Lipinski definition) is 0. The normalized spacial score (nSPS) is 11.9. The number of hydrogen-bond acceptors (Lipinski definition) is 5. The molecule has 0 saturated carbocycles. The van der Waals surface area contributed by atoms with Crippen molar-refractivity contribution in [1.29, 1.82) is 0 Å². The van der Waals surface area contributed by atoms with Gasteiger partial charge < -0.3 is 8.98 Å². The van der Waals surface area contributed by atoms with Crippen LogP contribution >= 0.6 is 11.3 Å². The smallest absolute Gasteiger partial charge is 0.164 e. The summed E-state index contributed by atoms with van der Waals surface area (Å²) in [5.74, 6) is 1.59. The van der Waals surface area contributed by atoms with Gasteiger partial charge in [-0.15, -0.1) is 33.2 Å². The minimum atomic E-state index is 0.00918. The van der Waals surface area contributed by atoms with Gasteiger partial charge in [-0.2, -0.15) is 0 Å². The highest BCUT2D eigenvalue weighted by Gasteiger charge is 2.27. The van der Waals surface area contributed by atoms with Crippen LogP contribution in [0.4, 0.5) is 0 Å². The molecule has 5 nitrogen and oxygen atoms in total. The van der Waals surface area contributed by atoms with Crippen LogP contribution in [-0.2, 0) is 0 Å². The van der Waals surface area contributed by atoms with E-state index in [0.717, 1.165) is 27.5 Å². The van der Waals surface area contributed by atoms with Crippen molar-refractivity contribution in [2.75, 3.05) is 0 Å². The van der Waals surface area contributed by atoms with Gasteiger partial charge >= 0.3 is 0 Å². The van der Waals surface area contributed by atoms with Gasteiger partial charge in [0.05, 0.1) is 0 Å². The second-order valence-corrected chi connectivity index (χ2v) is 18.4. The molecule has 4 aromatic heterocycles. The van der Waals surface area contributed by atoms with Crippen molar-refractivity contribution < 1.29 is 4.42 Å². The molecule has 0 saturated heterocycles. The number of aromatic nitrogens is 4. The van der Waals surface area contributed by atoms with Crippen molar-refractivity contribution in [2.24, 2.45) is 0 Å². The van der Waals surface area contributed by atoms with Crippen molar-refractivity contribution in [3.63, 3.8) is 0 Å². The largest absolute Gasteiger partial charge is 0.456 e. The summed E-state index contributed by atoms with van der Waals surface area (Å²) in [6.07, 6.45) is 0. The van der Waals surface area contributed by atoms with Gasteiger partial charge in [-0.05, 0) is 56.9 Å². The van der Waals surface area contributed by atoms with Gasteiger partial charge in [-0.3, -0.25) is 0 Å². The zero-order valence-corrected chi connectivity index (χ0v) is 38.2. The Morgan fingerprint density at radius 1 is 0.352 bits per heavy atom. The van der Waals surface area contributed by atoms with Crippen molar-refractivity contribution in [2.45, 2.75) is 0 Å². The average molecular weight is 884 g/mol. The Bertz CT molecular complexity index is 4210. The van der Waals surface area contributed by atoms with Crippen LogP contribution in [0, 0.1) is 0 Å². The number of fused-ring (bicyclic) bond motifs is 9. The highest BCUT2D eigenvalue weighted by atomic mass is 32.1. The number of furan rings is 1. The van der Waals surface area contributed by atoms with Crippen molar-refractivity contribution in [3.8, 4) is 51.0 Å². The van der Waals surface area contributed by atoms with Crippen molar-refractivity contribution in [1.82, 2.24) is 19.5 Å². The molecular weight excluding hydrogens is 868 g/mol. The second-order valence-electron chi connectivity index (χ2n) is 17.4. The highest BCUT2D eigenvalue weighted by molar-refractivity contribution is 7.28. The Hall–Kier alpha value is -6.50. The molecule has 0 unspecified atom stereocenters. The molecule has 0 aliphatic heterocycles. The molecule has 0 amide bonds. The van der Waals surface area contributed by atoms with Crippen LogP contribution in [0.1, 0.15) is 0 Å². The second kappa shape index (κ2) is 16.5. The van der Waals surface area contributed by atoms with Crippen LogP contribution in [0.25, 0.3) is 115 Å². The summed E-state index contributed by atoms with van der Waals surface area (Å²) in [5, 5.41) is 3.18. The molecule has 8 aromatic carbocycles. The molecule has 0 bridgehead atoms.